The van der Waals surface area contributed by atoms with Gasteiger partial charge in [-0.2, -0.15) is 0 Å². The number of hydrogen-bond acceptors (Lipinski definition) is 1. The molecule has 200 valence electrons. The summed E-state index contributed by atoms with van der Waals surface area (Å²) in [7, 11) is 1.72. The lowest BCUT2D eigenvalue weighted by molar-refractivity contribution is 0.414. The van der Waals surface area contributed by atoms with Gasteiger partial charge in [0.05, 0.1) is 7.11 Å². The predicted molar refractivity (Wildman–Crippen MR) is 170 cm³/mol. The Balaban J connectivity index is 1.51. The summed E-state index contributed by atoms with van der Waals surface area (Å²) in [6.07, 6.45) is 0.825. The summed E-state index contributed by atoms with van der Waals surface area (Å²) in [5.41, 5.74) is 8.58. The number of methoxy groups -OCH3 is 1. The quantitative estimate of drug-likeness (QED) is 0.169. The maximum Gasteiger partial charge on any atom is 0.118 e. The molecule has 0 heterocycles. The van der Waals surface area contributed by atoms with Crippen LogP contribution >= 0.6 is 0 Å². The average molecular weight is 531 g/mol. The summed E-state index contributed by atoms with van der Waals surface area (Å²) in [4.78, 5) is 0. The fraction of sp³-hybridized carbons (Fsp3) is 0.100. The van der Waals surface area contributed by atoms with E-state index in [0.717, 1.165) is 12.2 Å². The van der Waals surface area contributed by atoms with Gasteiger partial charge in [-0.15, -0.1) is 0 Å². The van der Waals surface area contributed by atoms with Crippen LogP contribution in [0.25, 0.3) is 0 Å². The van der Waals surface area contributed by atoms with Crippen LogP contribution < -0.4 is 4.74 Å². The van der Waals surface area contributed by atoms with Crippen LogP contribution in [-0.2, 0) is 11.8 Å². The first-order valence-corrected chi connectivity index (χ1v) is 14.2. The summed E-state index contributed by atoms with van der Waals surface area (Å²) in [6.45, 7) is 0. The summed E-state index contributed by atoms with van der Waals surface area (Å²) in [6, 6.07) is 61.3. The summed E-state index contributed by atoms with van der Waals surface area (Å²) in [5, 5.41) is 0. The molecule has 0 spiro atoms. The normalized spacial score (nSPS) is 11.4. The Morgan fingerprint density at radius 2 is 0.829 bits per heavy atom. The molecule has 6 aromatic rings. The molecule has 0 aliphatic heterocycles. The molecule has 0 fully saturated rings. The van der Waals surface area contributed by atoms with Crippen molar-refractivity contribution in [2.75, 3.05) is 7.11 Å². The second kappa shape index (κ2) is 12.1. The van der Waals surface area contributed by atoms with Crippen molar-refractivity contribution in [3.8, 4) is 5.75 Å². The molecule has 0 unspecified atom stereocenters. The standard InChI is InChI=1S/C40H34O/c1-41-38-28-22-31(23-29-38)30-40(35-18-10-4-11-19-35,36-20-12-5-13-21-36)37-26-24-34(25-27-37)39(32-14-6-2-7-15-32)33-16-8-3-9-17-33/h2-29,39H,30H2,1H3. The van der Waals surface area contributed by atoms with Crippen LogP contribution in [0.3, 0.4) is 0 Å². The lowest BCUT2D eigenvalue weighted by Gasteiger charge is -2.37. The van der Waals surface area contributed by atoms with E-state index < -0.39 is 0 Å². The van der Waals surface area contributed by atoms with Crippen molar-refractivity contribution in [2.45, 2.75) is 17.8 Å². The van der Waals surface area contributed by atoms with Gasteiger partial charge in [-0.25, -0.2) is 0 Å². The minimum absolute atomic E-state index is 0.163. The fourth-order valence-corrected chi connectivity index (χ4v) is 6.13. The SMILES string of the molecule is COc1ccc(CC(c2ccccc2)(c2ccccc2)c2ccc(C(c3ccccc3)c3ccccc3)cc2)cc1. The molecule has 41 heavy (non-hydrogen) atoms. The first-order chi connectivity index (χ1) is 20.3. The van der Waals surface area contributed by atoms with Gasteiger partial charge in [0.15, 0.2) is 0 Å². The Morgan fingerprint density at radius 1 is 0.439 bits per heavy atom. The van der Waals surface area contributed by atoms with Crippen molar-refractivity contribution in [1.82, 2.24) is 0 Å². The molecule has 0 radical (unpaired) electrons. The first kappa shape index (κ1) is 26.3. The number of benzene rings is 6. The second-order valence-electron chi connectivity index (χ2n) is 10.5. The topological polar surface area (TPSA) is 9.23 Å². The largest absolute Gasteiger partial charge is 0.497 e. The van der Waals surface area contributed by atoms with Crippen molar-refractivity contribution in [3.05, 3.63) is 209 Å². The van der Waals surface area contributed by atoms with E-state index >= 15 is 0 Å². The molecular formula is C40H34O. The highest BCUT2D eigenvalue weighted by Gasteiger charge is 2.36. The third kappa shape index (κ3) is 5.44. The summed E-state index contributed by atoms with van der Waals surface area (Å²) < 4.78 is 5.46. The Hall–Kier alpha value is -4.88. The highest BCUT2D eigenvalue weighted by atomic mass is 16.5. The van der Waals surface area contributed by atoms with E-state index in [1.54, 1.807) is 7.11 Å². The highest BCUT2D eigenvalue weighted by molar-refractivity contribution is 5.54. The smallest absolute Gasteiger partial charge is 0.118 e. The molecule has 0 bridgehead atoms. The van der Waals surface area contributed by atoms with E-state index in [1.807, 2.05) is 0 Å². The lowest BCUT2D eigenvalue weighted by Crippen LogP contribution is -2.32. The van der Waals surface area contributed by atoms with Crippen LogP contribution in [0.4, 0.5) is 0 Å². The molecule has 0 aliphatic carbocycles. The van der Waals surface area contributed by atoms with Crippen molar-refractivity contribution >= 4 is 0 Å². The Labute approximate surface area is 243 Å². The molecule has 0 aliphatic rings. The fourth-order valence-electron chi connectivity index (χ4n) is 6.13. The zero-order valence-corrected chi connectivity index (χ0v) is 23.4. The maximum atomic E-state index is 5.46. The van der Waals surface area contributed by atoms with Crippen molar-refractivity contribution < 1.29 is 4.74 Å². The summed E-state index contributed by atoms with van der Waals surface area (Å²) in [5.74, 6) is 1.03. The van der Waals surface area contributed by atoms with Gasteiger partial charge in [0.2, 0.25) is 0 Å². The van der Waals surface area contributed by atoms with Gasteiger partial charge in [-0.05, 0) is 57.5 Å². The number of rotatable bonds is 9. The molecule has 1 heteroatoms. The molecule has 0 saturated heterocycles. The van der Waals surface area contributed by atoms with Gasteiger partial charge in [0, 0.05) is 11.3 Å². The minimum Gasteiger partial charge on any atom is -0.497 e. The van der Waals surface area contributed by atoms with Crippen molar-refractivity contribution in [3.63, 3.8) is 0 Å². The highest BCUT2D eigenvalue weighted by Crippen LogP contribution is 2.43. The van der Waals surface area contributed by atoms with Gasteiger partial charge in [-0.1, -0.05) is 158 Å². The van der Waals surface area contributed by atoms with Gasteiger partial charge in [0.25, 0.3) is 0 Å². The second-order valence-corrected chi connectivity index (χ2v) is 10.5. The molecule has 0 N–H and O–H groups in total. The Bertz CT molecular complexity index is 1560. The molecular weight excluding hydrogens is 496 g/mol. The average Bonchev–Trinajstić information content (AvgIpc) is 3.06. The zero-order valence-electron chi connectivity index (χ0n) is 23.4. The van der Waals surface area contributed by atoms with Gasteiger partial charge >= 0.3 is 0 Å². The van der Waals surface area contributed by atoms with Crippen LogP contribution in [0, 0.1) is 0 Å². The van der Waals surface area contributed by atoms with Gasteiger partial charge in [-0.3, -0.25) is 0 Å². The van der Waals surface area contributed by atoms with Crippen LogP contribution in [0.1, 0.15) is 44.9 Å². The van der Waals surface area contributed by atoms with E-state index in [0.29, 0.717) is 0 Å². The number of hydrogen-bond donors (Lipinski definition) is 0. The third-order valence-corrected chi connectivity index (χ3v) is 8.16. The van der Waals surface area contributed by atoms with E-state index in [2.05, 4.69) is 170 Å². The Morgan fingerprint density at radius 3 is 1.27 bits per heavy atom. The van der Waals surface area contributed by atoms with Crippen molar-refractivity contribution in [2.24, 2.45) is 0 Å². The van der Waals surface area contributed by atoms with Crippen LogP contribution in [0.5, 0.6) is 5.75 Å². The van der Waals surface area contributed by atoms with Crippen LogP contribution in [-0.4, -0.2) is 7.11 Å². The first-order valence-electron chi connectivity index (χ1n) is 14.2. The zero-order chi connectivity index (χ0) is 27.9. The van der Waals surface area contributed by atoms with E-state index in [9.17, 15) is 0 Å². The van der Waals surface area contributed by atoms with E-state index in [1.165, 1.54) is 38.9 Å². The molecule has 0 aromatic heterocycles. The molecule has 1 nitrogen and oxygen atoms in total. The molecule has 0 atom stereocenters. The van der Waals surface area contributed by atoms with Crippen molar-refractivity contribution in [1.29, 1.82) is 0 Å². The maximum absolute atomic E-state index is 5.46. The van der Waals surface area contributed by atoms with Gasteiger partial charge in [0.1, 0.15) is 5.75 Å². The summed E-state index contributed by atoms with van der Waals surface area (Å²) >= 11 is 0. The van der Waals surface area contributed by atoms with Crippen LogP contribution in [0.2, 0.25) is 0 Å². The predicted octanol–water partition coefficient (Wildman–Crippen LogP) is 9.45. The van der Waals surface area contributed by atoms with E-state index in [-0.39, 0.29) is 11.3 Å². The Kier molecular flexibility index (Phi) is 7.78. The van der Waals surface area contributed by atoms with Gasteiger partial charge < -0.3 is 4.74 Å². The molecule has 0 saturated carbocycles. The molecule has 6 rings (SSSR count). The van der Waals surface area contributed by atoms with Crippen LogP contribution in [0.15, 0.2) is 170 Å². The monoisotopic (exact) mass is 530 g/mol. The number of ether oxygens (including phenoxy) is 1. The minimum atomic E-state index is -0.370. The molecule has 0 amide bonds. The third-order valence-electron chi connectivity index (χ3n) is 8.16. The van der Waals surface area contributed by atoms with E-state index in [4.69, 9.17) is 4.74 Å². The molecule has 6 aromatic carbocycles. The lowest BCUT2D eigenvalue weighted by atomic mass is 9.66.